The molecule has 2 rings (SSSR count). The molecule has 1 aliphatic rings. The average Bonchev–Trinajstić information content (AvgIpc) is 2.92. The number of aliphatic carboxylic acids is 1. The second kappa shape index (κ2) is 5.73. The topological polar surface area (TPSA) is 79.5 Å². The van der Waals surface area contributed by atoms with Crippen LogP contribution in [0, 0.1) is 11.8 Å². The predicted molar refractivity (Wildman–Crippen MR) is 68.3 cm³/mol. The molecule has 1 aromatic rings. The van der Waals surface area contributed by atoms with Crippen molar-refractivity contribution in [2.24, 2.45) is 11.8 Å². The number of carbonyl (C=O) groups excluding carboxylic acids is 1. The third kappa shape index (κ3) is 3.05. The molecule has 5 nitrogen and oxygen atoms in total. The van der Waals surface area contributed by atoms with Gasteiger partial charge in [-0.2, -0.15) is 0 Å². The Labute approximate surface area is 111 Å². The number of carboxylic acid groups (broad SMARTS) is 1. The van der Waals surface area contributed by atoms with Crippen molar-refractivity contribution >= 4 is 11.9 Å². The van der Waals surface area contributed by atoms with Crippen LogP contribution in [0.25, 0.3) is 0 Å². The molecule has 102 valence electrons. The summed E-state index contributed by atoms with van der Waals surface area (Å²) in [6.07, 6.45) is 6.09. The van der Waals surface area contributed by atoms with Crippen LogP contribution in [0.15, 0.2) is 35.0 Å². The smallest absolute Gasteiger partial charge is 0.307 e. The maximum atomic E-state index is 12.2. The SMILES string of the molecule is C[C@@H](NC(=O)[C@@H]1CC=CC[C@@H]1C(=O)O)c1ccco1. The van der Waals surface area contributed by atoms with Crippen LogP contribution in [0.2, 0.25) is 0 Å². The molecule has 19 heavy (non-hydrogen) atoms. The number of allylic oxidation sites excluding steroid dienone is 2. The standard InChI is InChI=1S/C14H17NO4/c1-9(12-7-4-8-19-12)15-13(16)10-5-2-3-6-11(10)14(17)18/h2-4,7-11H,5-6H2,1H3,(H,15,16)(H,17,18)/t9-,10-,11+/m1/s1. The lowest BCUT2D eigenvalue weighted by Crippen LogP contribution is -2.39. The van der Waals surface area contributed by atoms with Crippen LogP contribution in [0.1, 0.15) is 31.6 Å². The molecule has 0 fully saturated rings. The fourth-order valence-corrected chi connectivity index (χ4v) is 2.31. The van der Waals surface area contributed by atoms with Gasteiger partial charge in [0.1, 0.15) is 5.76 Å². The van der Waals surface area contributed by atoms with Gasteiger partial charge in [-0.3, -0.25) is 9.59 Å². The first-order chi connectivity index (χ1) is 9.09. The second-order valence-electron chi connectivity index (χ2n) is 4.74. The third-order valence-corrected chi connectivity index (χ3v) is 3.42. The van der Waals surface area contributed by atoms with Gasteiger partial charge < -0.3 is 14.8 Å². The van der Waals surface area contributed by atoms with E-state index in [0.717, 1.165) is 0 Å². The van der Waals surface area contributed by atoms with Crippen molar-refractivity contribution in [3.8, 4) is 0 Å². The molecule has 1 heterocycles. The Morgan fingerprint density at radius 1 is 1.37 bits per heavy atom. The molecule has 0 spiro atoms. The first-order valence-electron chi connectivity index (χ1n) is 6.31. The van der Waals surface area contributed by atoms with Gasteiger partial charge in [0, 0.05) is 0 Å². The summed E-state index contributed by atoms with van der Waals surface area (Å²) in [4.78, 5) is 23.3. The second-order valence-corrected chi connectivity index (χ2v) is 4.74. The van der Waals surface area contributed by atoms with E-state index < -0.39 is 17.8 Å². The predicted octanol–water partition coefficient (Wildman–Crippen LogP) is 2.12. The Kier molecular flexibility index (Phi) is 4.04. The van der Waals surface area contributed by atoms with Gasteiger partial charge in [-0.1, -0.05) is 12.2 Å². The van der Waals surface area contributed by atoms with Gasteiger partial charge in [-0.05, 0) is 31.9 Å². The van der Waals surface area contributed by atoms with Gasteiger partial charge >= 0.3 is 5.97 Å². The van der Waals surface area contributed by atoms with Gasteiger partial charge in [0.2, 0.25) is 5.91 Å². The molecule has 0 unspecified atom stereocenters. The van der Waals surface area contributed by atoms with E-state index in [-0.39, 0.29) is 11.9 Å². The van der Waals surface area contributed by atoms with E-state index in [0.29, 0.717) is 18.6 Å². The van der Waals surface area contributed by atoms with Gasteiger partial charge in [0.25, 0.3) is 0 Å². The number of hydrogen-bond donors (Lipinski definition) is 2. The summed E-state index contributed by atoms with van der Waals surface area (Å²) in [5, 5.41) is 12.0. The first kappa shape index (κ1) is 13.4. The summed E-state index contributed by atoms with van der Waals surface area (Å²) in [5.74, 6) is -1.66. The largest absolute Gasteiger partial charge is 0.481 e. The number of amides is 1. The van der Waals surface area contributed by atoms with E-state index in [4.69, 9.17) is 9.52 Å². The van der Waals surface area contributed by atoms with Gasteiger partial charge in [0.15, 0.2) is 0 Å². The maximum Gasteiger partial charge on any atom is 0.307 e. The van der Waals surface area contributed by atoms with Crippen LogP contribution < -0.4 is 5.32 Å². The van der Waals surface area contributed by atoms with E-state index in [2.05, 4.69) is 5.32 Å². The first-order valence-corrected chi connectivity index (χ1v) is 6.31. The number of hydrogen-bond acceptors (Lipinski definition) is 3. The normalized spacial score (nSPS) is 23.8. The Balaban J connectivity index is 2.02. The van der Waals surface area contributed by atoms with Crippen molar-refractivity contribution in [2.75, 3.05) is 0 Å². The summed E-state index contributed by atoms with van der Waals surface area (Å²) in [7, 11) is 0. The number of rotatable bonds is 4. The highest BCUT2D eigenvalue weighted by molar-refractivity contribution is 5.85. The quantitative estimate of drug-likeness (QED) is 0.815. The van der Waals surface area contributed by atoms with E-state index in [1.54, 1.807) is 18.4 Å². The molecule has 3 atom stereocenters. The lowest BCUT2D eigenvalue weighted by molar-refractivity contribution is -0.147. The highest BCUT2D eigenvalue weighted by Gasteiger charge is 2.34. The molecule has 0 radical (unpaired) electrons. The highest BCUT2D eigenvalue weighted by atomic mass is 16.4. The molecule has 0 aliphatic heterocycles. The number of carbonyl (C=O) groups is 2. The monoisotopic (exact) mass is 263 g/mol. The van der Waals surface area contributed by atoms with Crippen LogP contribution in [0.4, 0.5) is 0 Å². The number of carboxylic acids is 1. The fourth-order valence-electron chi connectivity index (χ4n) is 2.31. The zero-order valence-electron chi connectivity index (χ0n) is 10.7. The molecule has 0 aromatic carbocycles. The summed E-state index contributed by atoms with van der Waals surface area (Å²) in [6.45, 7) is 1.81. The molecular formula is C14H17NO4. The third-order valence-electron chi connectivity index (χ3n) is 3.42. The van der Waals surface area contributed by atoms with Gasteiger partial charge in [-0.15, -0.1) is 0 Å². The lowest BCUT2D eigenvalue weighted by Gasteiger charge is -2.25. The average molecular weight is 263 g/mol. The van der Waals surface area contributed by atoms with E-state index in [1.807, 2.05) is 19.1 Å². The van der Waals surface area contributed by atoms with Gasteiger partial charge in [-0.25, -0.2) is 0 Å². The summed E-state index contributed by atoms with van der Waals surface area (Å²) in [5.41, 5.74) is 0. The lowest BCUT2D eigenvalue weighted by atomic mass is 9.82. The molecule has 0 saturated heterocycles. The van der Waals surface area contributed by atoms with E-state index in [9.17, 15) is 9.59 Å². The molecule has 2 N–H and O–H groups in total. The van der Waals surface area contributed by atoms with E-state index >= 15 is 0 Å². The van der Waals surface area contributed by atoms with Crippen LogP contribution in [-0.4, -0.2) is 17.0 Å². The van der Waals surface area contributed by atoms with Crippen molar-refractivity contribution in [1.29, 1.82) is 0 Å². The van der Waals surface area contributed by atoms with Crippen LogP contribution in [0.3, 0.4) is 0 Å². The minimum Gasteiger partial charge on any atom is -0.481 e. The molecule has 0 saturated carbocycles. The Bertz CT molecular complexity index is 478. The minimum absolute atomic E-state index is 0.236. The Morgan fingerprint density at radius 2 is 2.05 bits per heavy atom. The van der Waals surface area contributed by atoms with Crippen LogP contribution >= 0.6 is 0 Å². The zero-order valence-corrected chi connectivity index (χ0v) is 10.7. The summed E-state index contributed by atoms with van der Waals surface area (Å²) in [6, 6.07) is 3.27. The summed E-state index contributed by atoms with van der Waals surface area (Å²) < 4.78 is 5.21. The minimum atomic E-state index is -0.921. The van der Waals surface area contributed by atoms with Gasteiger partial charge in [0.05, 0.1) is 24.1 Å². The molecule has 1 aromatic heterocycles. The van der Waals surface area contributed by atoms with Crippen molar-refractivity contribution in [2.45, 2.75) is 25.8 Å². The van der Waals surface area contributed by atoms with E-state index in [1.165, 1.54) is 0 Å². The molecular weight excluding hydrogens is 246 g/mol. The summed E-state index contributed by atoms with van der Waals surface area (Å²) >= 11 is 0. The Morgan fingerprint density at radius 3 is 2.63 bits per heavy atom. The highest BCUT2D eigenvalue weighted by Crippen LogP contribution is 2.27. The fraction of sp³-hybridized carbons (Fsp3) is 0.429. The van der Waals surface area contributed by atoms with Crippen LogP contribution in [0.5, 0.6) is 0 Å². The Hall–Kier alpha value is -2.04. The number of furan rings is 1. The molecule has 5 heteroatoms. The zero-order chi connectivity index (χ0) is 13.8. The van der Waals surface area contributed by atoms with Crippen molar-refractivity contribution in [3.05, 3.63) is 36.3 Å². The maximum absolute atomic E-state index is 12.2. The molecule has 0 bridgehead atoms. The number of nitrogens with one attached hydrogen (secondary N) is 1. The molecule has 1 amide bonds. The van der Waals surface area contributed by atoms with Crippen molar-refractivity contribution < 1.29 is 19.1 Å². The van der Waals surface area contributed by atoms with Crippen LogP contribution in [-0.2, 0) is 9.59 Å². The van der Waals surface area contributed by atoms with Crippen molar-refractivity contribution in [1.82, 2.24) is 5.32 Å². The van der Waals surface area contributed by atoms with Crippen molar-refractivity contribution in [3.63, 3.8) is 0 Å². The molecule has 1 aliphatic carbocycles.